The molecule has 1 saturated carbocycles. The quantitative estimate of drug-likeness (QED) is 0.314. The number of thiophene rings is 1. The number of carbonyl (C=O) groups excluding carboxylic acids is 3. The Balaban J connectivity index is 1.31. The first-order valence-electron chi connectivity index (χ1n) is 16.4. The number of carbonyl (C=O) groups is 4. The van der Waals surface area contributed by atoms with E-state index in [0.717, 1.165) is 29.5 Å². The third kappa shape index (κ3) is 7.30. The highest BCUT2D eigenvalue weighted by Crippen LogP contribution is 2.45. The number of aliphatic carboxylic acids is 1. The molecular formula is C35H41N5O7S. The van der Waals surface area contributed by atoms with E-state index in [2.05, 4.69) is 15.6 Å². The molecule has 1 unspecified atom stereocenters. The van der Waals surface area contributed by atoms with Gasteiger partial charge in [0.05, 0.1) is 28.1 Å². The molecule has 0 aromatic carbocycles. The van der Waals surface area contributed by atoms with Gasteiger partial charge in [-0.05, 0) is 70.0 Å². The highest BCUT2D eigenvalue weighted by Gasteiger charge is 2.61. The number of nitrogens with one attached hydrogen (secondary N) is 2. The molecule has 3 amide bonds. The molecule has 0 bridgehead atoms. The van der Waals surface area contributed by atoms with Crippen LogP contribution in [0.5, 0.6) is 5.75 Å². The van der Waals surface area contributed by atoms with Gasteiger partial charge in [-0.2, -0.15) is 0 Å². The van der Waals surface area contributed by atoms with Crippen LogP contribution < -0.4 is 15.4 Å². The first-order valence-corrected chi connectivity index (χ1v) is 17.3. The highest BCUT2D eigenvalue weighted by atomic mass is 32.1. The summed E-state index contributed by atoms with van der Waals surface area (Å²) < 4.78 is 12.9. The van der Waals surface area contributed by atoms with Gasteiger partial charge < -0.3 is 30.1 Å². The summed E-state index contributed by atoms with van der Waals surface area (Å²) in [6.07, 6.45) is 8.02. The van der Waals surface area contributed by atoms with Crippen LogP contribution >= 0.6 is 11.3 Å². The van der Waals surface area contributed by atoms with Crippen molar-refractivity contribution in [3.8, 4) is 17.1 Å². The largest absolute Gasteiger partial charge is 0.487 e. The van der Waals surface area contributed by atoms with Gasteiger partial charge in [-0.1, -0.05) is 31.1 Å². The summed E-state index contributed by atoms with van der Waals surface area (Å²) in [5.74, 6) is -1.90. The van der Waals surface area contributed by atoms with Crippen molar-refractivity contribution in [1.29, 1.82) is 0 Å². The molecule has 3 aromatic heterocycles. The third-order valence-corrected chi connectivity index (χ3v) is 9.83. The predicted octanol–water partition coefficient (Wildman–Crippen LogP) is 5.08. The van der Waals surface area contributed by atoms with Gasteiger partial charge in [-0.25, -0.2) is 14.6 Å². The van der Waals surface area contributed by atoms with Crippen LogP contribution in [0.3, 0.4) is 0 Å². The van der Waals surface area contributed by atoms with E-state index in [9.17, 15) is 24.3 Å². The van der Waals surface area contributed by atoms with E-state index in [0.29, 0.717) is 30.0 Å². The zero-order valence-electron chi connectivity index (χ0n) is 27.3. The van der Waals surface area contributed by atoms with Gasteiger partial charge in [-0.15, -0.1) is 11.3 Å². The molecule has 0 spiro atoms. The van der Waals surface area contributed by atoms with Crippen molar-refractivity contribution in [1.82, 2.24) is 25.5 Å². The summed E-state index contributed by atoms with van der Waals surface area (Å²) in [6.45, 7) is 5.29. The van der Waals surface area contributed by atoms with E-state index in [4.69, 9.17) is 14.5 Å². The average molecular weight is 676 g/mol. The van der Waals surface area contributed by atoms with Gasteiger partial charge in [0.1, 0.15) is 35.1 Å². The van der Waals surface area contributed by atoms with Crippen LogP contribution in [0.15, 0.2) is 54.1 Å². The molecule has 12 nitrogen and oxygen atoms in total. The van der Waals surface area contributed by atoms with Gasteiger partial charge in [0.15, 0.2) is 0 Å². The number of hydrogen-bond donors (Lipinski definition) is 3. The molecule has 1 saturated heterocycles. The van der Waals surface area contributed by atoms with Gasteiger partial charge in [0.2, 0.25) is 11.8 Å². The molecule has 6 rings (SSSR count). The number of rotatable bonds is 5. The Hall–Kier alpha value is -4.52. The van der Waals surface area contributed by atoms with Crippen molar-refractivity contribution >= 4 is 45.4 Å². The maximum atomic E-state index is 14.3. The Morgan fingerprint density at radius 1 is 1.15 bits per heavy atom. The summed E-state index contributed by atoms with van der Waals surface area (Å²) in [6, 6.07) is 7.30. The van der Waals surface area contributed by atoms with E-state index in [1.54, 1.807) is 27.0 Å². The number of aromatic nitrogens is 2. The Labute approximate surface area is 282 Å². The van der Waals surface area contributed by atoms with Crippen LogP contribution in [0.4, 0.5) is 4.79 Å². The summed E-state index contributed by atoms with van der Waals surface area (Å²) in [7, 11) is 0. The summed E-state index contributed by atoms with van der Waals surface area (Å²) in [5.41, 5.74) is -0.172. The maximum Gasteiger partial charge on any atom is 0.408 e. The van der Waals surface area contributed by atoms with Gasteiger partial charge in [-0.3, -0.25) is 14.6 Å². The number of pyridine rings is 2. The fourth-order valence-corrected chi connectivity index (χ4v) is 7.23. The summed E-state index contributed by atoms with van der Waals surface area (Å²) in [4.78, 5) is 64.2. The summed E-state index contributed by atoms with van der Waals surface area (Å²) >= 11 is 1.47. The molecule has 3 N–H and O–H groups in total. The number of hydrogen-bond acceptors (Lipinski definition) is 9. The Morgan fingerprint density at radius 2 is 1.98 bits per heavy atom. The normalized spacial score (nSPS) is 26.4. The fourth-order valence-electron chi connectivity index (χ4n) is 6.44. The van der Waals surface area contributed by atoms with Crippen LogP contribution in [-0.4, -0.2) is 79.7 Å². The van der Waals surface area contributed by atoms with Gasteiger partial charge >= 0.3 is 12.1 Å². The molecule has 5 heterocycles. The van der Waals surface area contributed by atoms with Crippen molar-refractivity contribution < 1.29 is 33.8 Å². The van der Waals surface area contributed by atoms with Crippen molar-refractivity contribution in [2.45, 2.75) is 95.0 Å². The molecular weight excluding hydrogens is 634 g/mol. The Kier molecular flexibility index (Phi) is 9.41. The lowest BCUT2D eigenvalue weighted by molar-refractivity contribution is -0.145. The fraction of sp³-hybridized carbons (Fsp3) is 0.486. The third-order valence-electron chi connectivity index (χ3n) is 8.91. The minimum atomic E-state index is -1.43. The minimum absolute atomic E-state index is 0.0565. The number of nitrogens with zero attached hydrogens (tertiary/aromatic N) is 3. The molecule has 2 aliphatic heterocycles. The second-order valence-corrected chi connectivity index (χ2v) is 14.6. The number of ether oxygens (including phenoxy) is 2. The number of carboxylic acid groups (broad SMARTS) is 1. The molecule has 5 atom stereocenters. The number of carboxylic acids is 1. The lowest BCUT2D eigenvalue weighted by atomic mass is 10.0. The SMILES string of the molecule is CC(C)(C)OC(=O)NC1CCCCCC=C[C@@H]2C[C@@]2(C(=O)O)NC(=O)[C@@H]2C[C@@H](Oc3cc(-c4ccccn4)nc4ccsc34)CN2C1=O. The van der Waals surface area contributed by atoms with Crippen LogP contribution in [0.25, 0.3) is 21.6 Å². The predicted molar refractivity (Wildman–Crippen MR) is 179 cm³/mol. The lowest BCUT2D eigenvalue weighted by Gasteiger charge is -2.30. The van der Waals surface area contributed by atoms with Crippen molar-refractivity contribution in [2.24, 2.45) is 5.92 Å². The van der Waals surface area contributed by atoms with Crippen LogP contribution in [0, 0.1) is 5.92 Å². The van der Waals surface area contributed by atoms with Gasteiger partial charge in [0, 0.05) is 24.6 Å². The average Bonchev–Trinajstić information content (AvgIpc) is 3.33. The van der Waals surface area contributed by atoms with E-state index in [-0.39, 0.29) is 25.3 Å². The zero-order chi connectivity index (χ0) is 34.1. The van der Waals surface area contributed by atoms with E-state index < -0.39 is 53.2 Å². The minimum Gasteiger partial charge on any atom is -0.487 e. The van der Waals surface area contributed by atoms with E-state index in [1.807, 2.05) is 47.9 Å². The van der Waals surface area contributed by atoms with Crippen molar-refractivity contribution in [3.63, 3.8) is 0 Å². The maximum absolute atomic E-state index is 14.3. The topological polar surface area (TPSA) is 160 Å². The van der Waals surface area contributed by atoms with Crippen LogP contribution in [-0.2, 0) is 19.1 Å². The number of alkyl carbamates (subject to hydrolysis) is 1. The standard InChI is InChI=1S/C35H41N5O7S/c1-34(2,3)47-33(45)38-25-13-8-6-4-5-7-11-21-19-35(21,32(43)44)39-30(41)27-17-22(20-40(27)31(25)42)46-28-18-26(23-12-9-10-15-36-23)37-24-14-16-48-29(24)28/h7,9-12,14-16,18,21-22,25,27H,4-6,8,13,17,19-20H2,1-3H3,(H,38,45)(H,39,41)(H,43,44)/t21-,22-,25?,27+,35-/m1/s1. The molecule has 0 radical (unpaired) electrons. The van der Waals surface area contributed by atoms with Crippen LogP contribution in [0.1, 0.15) is 65.7 Å². The van der Waals surface area contributed by atoms with E-state index in [1.165, 1.54) is 16.2 Å². The summed E-state index contributed by atoms with van der Waals surface area (Å²) in [5, 5.41) is 17.6. The number of fused-ring (bicyclic) bond motifs is 3. The molecule has 3 aromatic rings. The Morgan fingerprint density at radius 3 is 2.73 bits per heavy atom. The molecule has 48 heavy (non-hydrogen) atoms. The molecule has 13 heteroatoms. The van der Waals surface area contributed by atoms with Gasteiger partial charge in [0.25, 0.3) is 0 Å². The smallest absolute Gasteiger partial charge is 0.408 e. The van der Waals surface area contributed by atoms with Crippen molar-refractivity contribution in [2.75, 3.05) is 6.54 Å². The lowest BCUT2D eigenvalue weighted by Crippen LogP contribution is -2.56. The first-order chi connectivity index (χ1) is 22.9. The second-order valence-electron chi connectivity index (χ2n) is 13.7. The molecule has 254 valence electrons. The number of amides is 3. The first kappa shape index (κ1) is 33.4. The molecule has 3 aliphatic rings. The Bertz CT molecular complexity index is 1720. The molecule has 1 aliphatic carbocycles. The highest BCUT2D eigenvalue weighted by molar-refractivity contribution is 7.17. The zero-order valence-corrected chi connectivity index (χ0v) is 28.1. The van der Waals surface area contributed by atoms with Crippen molar-refractivity contribution in [3.05, 3.63) is 54.1 Å². The molecule has 2 fully saturated rings. The van der Waals surface area contributed by atoms with E-state index >= 15 is 0 Å². The number of allylic oxidation sites excluding steroid dienone is 1. The second kappa shape index (κ2) is 13.5. The van der Waals surface area contributed by atoms with Crippen LogP contribution in [0.2, 0.25) is 0 Å². The monoisotopic (exact) mass is 675 g/mol.